The third-order valence-electron chi connectivity index (χ3n) is 2.84. The van der Waals surface area contributed by atoms with Gasteiger partial charge >= 0.3 is 0 Å². The Hall–Kier alpha value is -2.20. The summed E-state index contributed by atoms with van der Waals surface area (Å²) in [7, 11) is 0. The molecule has 2 rings (SSSR count). The summed E-state index contributed by atoms with van der Waals surface area (Å²) in [5.74, 6) is 1.19. The molecule has 0 unspecified atom stereocenters. The highest BCUT2D eigenvalue weighted by Crippen LogP contribution is 2.29. The second kappa shape index (κ2) is 6.99. The lowest BCUT2D eigenvalue weighted by Crippen LogP contribution is -2.11. The highest BCUT2D eigenvalue weighted by atomic mass is 35.5. The van der Waals surface area contributed by atoms with Crippen LogP contribution in [0.5, 0.6) is 11.5 Å². The monoisotopic (exact) mass is 304 g/mol. The van der Waals surface area contributed by atoms with E-state index in [1.807, 2.05) is 31.2 Å². The van der Waals surface area contributed by atoms with E-state index in [-0.39, 0.29) is 5.84 Å². The Morgan fingerprint density at radius 1 is 1.14 bits per heavy atom. The van der Waals surface area contributed by atoms with Crippen molar-refractivity contribution in [1.82, 2.24) is 0 Å². The van der Waals surface area contributed by atoms with E-state index >= 15 is 0 Å². The minimum atomic E-state index is -0.00246. The van der Waals surface area contributed by atoms with Crippen molar-refractivity contribution in [2.24, 2.45) is 5.73 Å². The van der Waals surface area contributed by atoms with Crippen molar-refractivity contribution in [3.8, 4) is 11.5 Å². The topological polar surface area (TPSA) is 68.3 Å². The number of nitrogens with one attached hydrogen (secondary N) is 1. The summed E-state index contributed by atoms with van der Waals surface area (Å²) in [5.41, 5.74) is 7.06. The van der Waals surface area contributed by atoms with Gasteiger partial charge in [-0.1, -0.05) is 23.7 Å². The summed E-state index contributed by atoms with van der Waals surface area (Å²) in [6.07, 6.45) is 0. The zero-order valence-electron chi connectivity index (χ0n) is 11.7. The Balaban J connectivity index is 2.16. The average molecular weight is 305 g/mol. The molecule has 0 heterocycles. The van der Waals surface area contributed by atoms with Crippen LogP contribution in [-0.2, 0) is 6.61 Å². The minimum Gasteiger partial charge on any atom is -0.490 e. The van der Waals surface area contributed by atoms with E-state index in [2.05, 4.69) is 0 Å². The van der Waals surface area contributed by atoms with Gasteiger partial charge < -0.3 is 15.2 Å². The molecule has 0 amide bonds. The van der Waals surface area contributed by atoms with Gasteiger partial charge in [0.1, 0.15) is 12.4 Å². The third-order valence-corrected chi connectivity index (χ3v) is 3.07. The van der Waals surface area contributed by atoms with Gasteiger partial charge in [-0.2, -0.15) is 0 Å². The quantitative estimate of drug-likeness (QED) is 0.633. The molecule has 0 aliphatic rings. The molecular weight excluding hydrogens is 288 g/mol. The van der Waals surface area contributed by atoms with Crippen LogP contribution >= 0.6 is 11.6 Å². The van der Waals surface area contributed by atoms with Crippen molar-refractivity contribution in [1.29, 1.82) is 5.41 Å². The Kier molecular flexibility index (Phi) is 5.06. The van der Waals surface area contributed by atoms with Crippen LogP contribution in [0.15, 0.2) is 42.5 Å². The van der Waals surface area contributed by atoms with Crippen molar-refractivity contribution in [3.05, 3.63) is 58.6 Å². The van der Waals surface area contributed by atoms with Gasteiger partial charge in [-0.3, -0.25) is 5.41 Å². The molecule has 0 aliphatic carbocycles. The summed E-state index contributed by atoms with van der Waals surface area (Å²) < 4.78 is 11.3. The lowest BCUT2D eigenvalue weighted by molar-refractivity contribution is 0.269. The van der Waals surface area contributed by atoms with Crippen LogP contribution in [0.3, 0.4) is 0 Å². The van der Waals surface area contributed by atoms with Crippen LogP contribution in [0.25, 0.3) is 0 Å². The molecular formula is C16H17ClN2O2. The number of hydrogen-bond donors (Lipinski definition) is 2. The molecule has 0 saturated heterocycles. The molecule has 0 radical (unpaired) electrons. The van der Waals surface area contributed by atoms with Gasteiger partial charge in [-0.05, 0) is 42.8 Å². The molecule has 110 valence electrons. The van der Waals surface area contributed by atoms with Crippen LogP contribution in [0.1, 0.15) is 18.1 Å². The average Bonchev–Trinajstić information content (AvgIpc) is 2.46. The summed E-state index contributed by atoms with van der Waals surface area (Å²) in [6, 6.07) is 12.7. The largest absolute Gasteiger partial charge is 0.490 e. The van der Waals surface area contributed by atoms with E-state index in [4.69, 9.17) is 32.2 Å². The molecule has 0 atom stereocenters. The molecule has 3 N–H and O–H groups in total. The first-order chi connectivity index (χ1) is 10.1. The Morgan fingerprint density at radius 3 is 2.62 bits per heavy atom. The molecule has 0 spiro atoms. The zero-order chi connectivity index (χ0) is 15.2. The van der Waals surface area contributed by atoms with Crippen molar-refractivity contribution in [3.63, 3.8) is 0 Å². The summed E-state index contributed by atoms with van der Waals surface area (Å²) in [5, 5.41) is 8.14. The maximum atomic E-state index is 7.46. The van der Waals surface area contributed by atoms with Gasteiger partial charge in [0.05, 0.1) is 6.61 Å². The highest BCUT2D eigenvalue weighted by Gasteiger charge is 2.08. The number of rotatable bonds is 6. The molecule has 0 fully saturated rings. The molecule has 5 heteroatoms. The van der Waals surface area contributed by atoms with Crippen LogP contribution in [0.4, 0.5) is 0 Å². The van der Waals surface area contributed by atoms with Crippen molar-refractivity contribution < 1.29 is 9.47 Å². The van der Waals surface area contributed by atoms with Gasteiger partial charge in [-0.25, -0.2) is 0 Å². The molecule has 2 aromatic rings. The van der Waals surface area contributed by atoms with E-state index < -0.39 is 0 Å². The third kappa shape index (κ3) is 4.13. The normalized spacial score (nSPS) is 10.2. The predicted molar refractivity (Wildman–Crippen MR) is 84.4 cm³/mol. The van der Waals surface area contributed by atoms with Gasteiger partial charge in [0.15, 0.2) is 11.5 Å². The number of nitrogen functional groups attached to an aromatic ring is 1. The number of nitrogens with two attached hydrogens (primary N) is 1. The van der Waals surface area contributed by atoms with E-state index in [1.54, 1.807) is 18.2 Å². The van der Waals surface area contributed by atoms with E-state index in [0.29, 0.717) is 35.3 Å². The van der Waals surface area contributed by atoms with Crippen molar-refractivity contribution in [2.45, 2.75) is 13.5 Å². The standard InChI is InChI=1S/C16H17ClN2O2/c1-2-20-15-9-12(16(18)19)6-7-14(15)21-10-11-4-3-5-13(17)8-11/h3-9H,2,10H2,1H3,(H3,18,19). The van der Waals surface area contributed by atoms with Gasteiger partial charge in [0.2, 0.25) is 0 Å². The Labute approximate surface area is 129 Å². The molecule has 0 bridgehead atoms. The first kappa shape index (κ1) is 15.2. The second-order valence-electron chi connectivity index (χ2n) is 4.43. The van der Waals surface area contributed by atoms with E-state index in [0.717, 1.165) is 5.56 Å². The van der Waals surface area contributed by atoms with Crippen LogP contribution in [0.2, 0.25) is 5.02 Å². The maximum Gasteiger partial charge on any atom is 0.161 e. The number of ether oxygens (including phenoxy) is 2. The lowest BCUT2D eigenvalue weighted by Gasteiger charge is -2.13. The van der Waals surface area contributed by atoms with E-state index in [1.165, 1.54) is 0 Å². The number of hydrogen-bond acceptors (Lipinski definition) is 3. The lowest BCUT2D eigenvalue weighted by atomic mass is 10.2. The summed E-state index contributed by atoms with van der Waals surface area (Å²) in [6.45, 7) is 2.79. The number of benzene rings is 2. The molecule has 0 aromatic heterocycles. The molecule has 21 heavy (non-hydrogen) atoms. The fourth-order valence-corrected chi connectivity index (χ4v) is 2.06. The van der Waals surface area contributed by atoms with Gasteiger partial charge in [-0.15, -0.1) is 0 Å². The first-order valence-corrected chi connectivity index (χ1v) is 6.96. The molecule has 2 aromatic carbocycles. The van der Waals surface area contributed by atoms with Gasteiger partial charge in [0, 0.05) is 10.6 Å². The maximum absolute atomic E-state index is 7.46. The van der Waals surface area contributed by atoms with Crippen molar-refractivity contribution >= 4 is 17.4 Å². The van der Waals surface area contributed by atoms with Gasteiger partial charge in [0.25, 0.3) is 0 Å². The van der Waals surface area contributed by atoms with Crippen molar-refractivity contribution in [2.75, 3.05) is 6.61 Å². The summed E-state index contributed by atoms with van der Waals surface area (Å²) in [4.78, 5) is 0. The van der Waals surface area contributed by atoms with Crippen LogP contribution in [0, 0.1) is 5.41 Å². The number of amidine groups is 1. The molecule has 0 saturated carbocycles. The Morgan fingerprint density at radius 2 is 1.95 bits per heavy atom. The van der Waals surface area contributed by atoms with Crippen LogP contribution < -0.4 is 15.2 Å². The summed E-state index contributed by atoms with van der Waals surface area (Å²) >= 11 is 5.95. The molecule has 0 aliphatic heterocycles. The smallest absolute Gasteiger partial charge is 0.161 e. The first-order valence-electron chi connectivity index (χ1n) is 6.58. The fraction of sp³-hybridized carbons (Fsp3) is 0.188. The SMILES string of the molecule is CCOc1cc(C(=N)N)ccc1OCc1cccc(Cl)c1. The molecule has 4 nitrogen and oxygen atoms in total. The van der Waals surface area contributed by atoms with Crippen LogP contribution in [-0.4, -0.2) is 12.4 Å². The van der Waals surface area contributed by atoms with E-state index in [9.17, 15) is 0 Å². The second-order valence-corrected chi connectivity index (χ2v) is 4.86. The zero-order valence-corrected chi connectivity index (χ0v) is 12.5. The number of halogens is 1. The minimum absolute atomic E-state index is 0.00246. The Bertz CT molecular complexity index is 644. The fourth-order valence-electron chi connectivity index (χ4n) is 1.85. The highest BCUT2D eigenvalue weighted by molar-refractivity contribution is 6.30. The predicted octanol–water partition coefficient (Wildman–Crippen LogP) is 3.60.